The van der Waals surface area contributed by atoms with Crippen LogP contribution in [0.5, 0.6) is 5.75 Å². The van der Waals surface area contributed by atoms with Gasteiger partial charge in [-0.05, 0) is 66.4 Å². The Bertz CT molecular complexity index is 2500. The predicted octanol–water partition coefficient (Wildman–Crippen LogP) is 1.62. The second kappa shape index (κ2) is 17.4. The molecule has 4 aromatic carbocycles. The molecule has 6 rings (SSSR count). The van der Waals surface area contributed by atoms with Crippen molar-refractivity contribution < 1.29 is 43.6 Å². The molecule has 0 bridgehead atoms. The monoisotopic (exact) mass is 769 g/mol. The number of fused-ring (bicyclic) bond motifs is 2. The van der Waals surface area contributed by atoms with Gasteiger partial charge in [-0.25, -0.2) is 9.59 Å². The first-order valence-electron chi connectivity index (χ1n) is 18.0. The number of hydrogen-bond donors (Lipinski definition) is 8. The molecular weight excluding hydrogens is 729 g/mol. The summed E-state index contributed by atoms with van der Waals surface area (Å²) in [5, 5.41) is 28.2. The van der Waals surface area contributed by atoms with Crippen LogP contribution in [0.15, 0.2) is 120 Å². The number of phenolic OH excluding ortho intramolecular Hbond substituents is 1. The lowest BCUT2D eigenvalue weighted by molar-refractivity contribution is -0.419. The number of hydrogen-bond acceptors (Lipinski definition) is 9. The van der Waals surface area contributed by atoms with Crippen molar-refractivity contribution >= 4 is 46.3 Å². The summed E-state index contributed by atoms with van der Waals surface area (Å²) in [7, 11) is 0. The molecule has 290 valence electrons. The predicted molar refractivity (Wildman–Crippen MR) is 211 cm³/mol. The van der Waals surface area contributed by atoms with Crippen molar-refractivity contribution in [3.05, 3.63) is 137 Å². The van der Waals surface area contributed by atoms with E-state index in [4.69, 9.17) is 15.9 Å². The molecule has 1 aliphatic heterocycles. The number of carbonyl (C=O) groups is 5. The number of carboxylic acids is 1. The molecule has 4 amide bonds. The van der Waals surface area contributed by atoms with Crippen LogP contribution < -0.4 is 37.8 Å². The number of carbonyl (C=O) groups excluding carboxylic acids is 4. The molecule has 0 unspecified atom stereocenters. The highest BCUT2D eigenvalue weighted by Gasteiger charge is 2.28. The molecule has 0 radical (unpaired) electrons. The third kappa shape index (κ3) is 9.68. The number of benzene rings is 5. The molecular formula is C43H41N6O8+. The number of aromatic carboxylic acids is 1. The fourth-order valence-electron chi connectivity index (χ4n) is 6.38. The third-order valence-electron chi connectivity index (χ3n) is 9.28. The minimum absolute atomic E-state index is 0.0814. The summed E-state index contributed by atoms with van der Waals surface area (Å²) in [6, 6.07) is 29.0. The first-order valence-corrected chi connectivity index (χ1v) is 18.0. The van der Waals surface area contributed by atoms with Gasteiger partial charge in [0.25, 0.3) is 0 Å². The molecule has 0 spiro atoms. The van der Waals surface area contributed by atoms with Crippen molar-refractivity contribution in [1.29, 1.82) is 0 Å². The lowest BCUT2D eigenvalue weighted by atomic mass is 9.91. The van der Waals surface area contributed by atoms with Crippen molar-refractivity contribution in [3.63, 3.8) is 0 Å². The fraction of sp³-hybridized carbons (Fsp3) is 0.163. The zero-order valence-corrected chi connectivity index (χ0v) is 30.8. The summed E-state index contributed by atoms with van der Waals surface area (Å²) in [5.41, 5.74) is 16.2. The molecule has 57 heavy (non-hydrogen) atoms. The largest absolute Gasteiger partial charge is 0.508 e. The molecule has 0 fully saturated rings. The van der Waals surface area contributed by atoms with Crippen LogP contribution >= 0.6 is 0 Å². The van der Waals surface area contributed by atoms with E-state index in [0.717, 1.165) is 11.1 Å². The van der Waals surface area contributed by atoms with Gasteiger partial charge in [0.1, 0.15) is 23.1 Å². The van der Waals surface area contributed by atoms with Gasteiger partial charge in [0, 0.05) is 40.8 Å². The minimum Gasteiger partial charge on any atom is -0.508 e. The van der Waals surface area contributed by atoms with Gasteiger partial charge in [-0.1, -0.05) is 60.7 Å². The Morgan fingerprint density at radius 3 is 2.21 bits per heavy atom. The Morgan fingerprint density at radius 2 is 1.47 bits per heavy atom. The Morgan fingerprint density at radius 1 is 0.772 bits per heavy atom. The van der Waals surface area contributed by atoms with Crippen molar-refractivity contribution in [2.45, 2.75) is 37.9 Å². The molecule has 3 atom stereocenters. The molecule has 1 aliphatic carbocycles. The molecule has 0 aromatic heterocycles. The highest BCUT2D eigenvalue weighted by Crippen LogP contribution is 2.41. The average Bonchev–Trinajstić information content (AvgIpc) is 3.19. The maximum absolute atomic E-state index is 13.8. The highest BCUT2D eigenvalue weighted by atomic mass is 16.4. The Hall–Kier alpha value is -7.32. The molecule has 1 heterocycles. The van der Waals surface area contributed by atoms with Crippen LogP contribution in [0.3, 0.4) is 0 Å². The molecule has 4 aromatic rings. The zero-order valence-electron chi connectivity index (χ0n) is 30.8. The van der Waals surface area contributed by atoms with Gasteiger partial charge in [-0.3, -0.25) is 14.4 Å². The SMILES string of the molecule is C[C@@H](NC(=O)[C@@H](N)Cc1ccc(O)cc1)C(=O)NCC(=O)N[C@@H](Cc1ccccc1)C(=O)[NH+]=c1ccc2c(-c3ccccc3C(=O)O)c3ccc(N)cc3oc-2c1. The van der Waals surface area contributed by atoms with Crippen molar-refractivity contribution in [3.8, 4) is 28.2 Å². The minimum atomic E-state index is -1.10. The molecule has 10 N–H and O–H groups in total. The van der Waals surface area contributed by atoms with E-state index in [1.165, 1.54) is 25.1 Å². The van der Waals surface area contributed by atoms with Crippen LogP contribution in [0.2, 0.25) is 0 Å². The van der Waals surface area contributed by atoms with Crippen LogP contribution in [-0.4, -0.2) is 64.5 Å². The number of anilines is 1. The van der Waals surface area contributed by atoms with Crippen LogP contribution in [0.25, 0.3) is 33.4 Å². The van der Waals surface area contributed by atoms with Gasteiger partial charge in [0.2, 0.25) is 23.1 Å². The van der Waals surface area contributed by atoms with E-state index in [1.807, 2.05) is 18.2 Å². The van der Waals surface area contributed by atoms with Crippen LogP contribution in [0.4, 0.5) is 5.69 Å². The number of aromatic hydroxyl groups is 1. The number of nitrogen functional groups attached to an aromatic ring is 1. The molecule has 14 heteroatoms. The summed E-state index contributed by atoms with van der Waals surface area (Å²) in [5.74, 6) is -3.09. The van der Waals surface area contributed by atoms with E-state index in [1.54, 1.807) is 78.9 Å². The number of nitrogens with two attached hydrogens (primary N) is 2. The Kier molecular flexibility index (Phi) is 12.0. The highest BCUT2D eigenvalue weighted by molar-refractivity contribution is 6.07. The molecule has 0 saturated carbocycles. The van der Waals surface area contributed by atoms with Crippen molar-refractivity contribution in [2.24, 2.45) is 5.73 Å². The molecule has 14 nitrogen and oxygen atoms in total. The first-order chi connectivity index (χ1) is 27.4. The van der Waals surface area contributed by atoms with Gasteiger partial charge in [-0.2, -0.15) is 4.99 Å². The zero-order chi connectivity index (χ0) is 40.6. The van der Waals surface area contributed by atoms with Gasteiger partial charge in [0.05, 0.1) is 24.2 Å². The van der Waals surface area contributed by atoms with Gasteiger partial charge in [0.15, 0.2) is 6.04 Å². The lowest BCUT2D eigenvalue weighted by Crippen LogP contribution is -2.84. The maximum Gasteiger partial charge on any atom is 0.408 e. The second-order valence-electron chi connectivity index (χ2n) is 13.5. The lowest BCUT2D eigenvalue weighted by Gasteiger charge is -2.18. The van der Waals surface area contributed by atoms with Crippen LogP contribution in [0.1, 0.15) is 28.4 Å². The van der Waals surface area contributed by atoms with Crippen molar-refractivity contribution in [2.75, 3.05) is 12.3 Å². The summed E-state index contributed by atoms with van der Waals surface area (Å²) < 4.78 is 6.24. The van der Waals surface area contributed by atoms with E-state index in [0.29, 0.717) is 44.5 Å². The normalized spacial score (nSPS) is 13.1. The second-order valence-corrected chi connectivity index (χ2v) is 13.5. The smallest absolute Gasteiger partial charge is 0.408 e. The van der Waals surface area contributed by atoms with Gasteiger partial charge < -0.3 is 42.0 Å². The van der Waals surface area contributed by atoms with Gasteiger partial charge >= 0.3 is 11.9 Å². The Labute approximate surface area is 326 Å². The van der Waals surface area contributed by atoms with Gasteiger partial charge in [-0.15, -0.1) is 0 Å². The van der Waals surface area contributed by atoms with E-state index in [2.05, 4.69) is 20.9 Å². The van der Waals surface area contributed by atoms with Crippen LogP contribution in [0, 0.1) is 0 Å². The van der Waals surface area contributed by atoms with E-state index >= 15 is 0 Å². The maximum atomic E-state index is 13.8. The average molecular weight is 770 g/mol. The fourth-order valence-corrected chi connectivity index (χ4v) is 6.38. The standard InChI is InChI=1S/C43H40N6O8/c1-24(47-41(53)34(45)19-26-11-15-29(50)16-12-26)40(52)46-23-38(51)49-35(20-25-7-3-2-4-8-25)42(54)48-28-14-18-33-37(22-28)57-36-21-27(44)13-17-32(36)39(33)30-9-5-6-10-31(30)43(55)56/h2-18,21-22,24,34-35,50H,19-20,23,44-45H2,1H3,(H,46,52)(H,47,53)(H,49,51)(H,55,56)/p+1/t24-,34+,35+/m1/s1. The summed E-state index contributed by atoms with van der Waals surface area (Å²) >= 11 is 0. The number of rotatable bonds is 13. The number of amides is 4. The summed E-state index contributed by atoms with van der Waals surface area (Å²) in [4.78, 5) is 67.6. The Balaban J connectivity index is 1.20. The van der Waals surface area contributed by atoms with Crippen LogP contribution in [-0.2, 0) is 32.0 Å². The van der Waals surface area contributed by atoms with Crippen molar-refractivity contribution in [1.82, 2.24) is 16.0 Å². The quantitative estimate of drug-likeness (QED) is 0.0624. The van der Waals surface area contributed by atoms with E-state index < -0.39 is 54.3 Å². The number of nitrogens with one attached hydrogen (secondary N) is 4. The molecule has 0 saturated heterocycles. The van der Waals surface area contributed by atoms with E-state index in [-0.39, 0.29) is 24.2 Å². The third-order valence-corrected chi connectivity index (χ3v) is 9.28. The molecule has 2 aliphatic rings. The topological polar surface area (TPSA) is 241 Å². The summed E-state index contributed by atoms with van der Waals surface area (Å²) in [6.45, 7) is 0.967. The van der Waals surface area contributed by atoms with E-state index in [9.17, 15) is 34.2 Å². The summed E-state index contributed by atoms with van der Waals surface area (Å²) in [6.07, 6.45) is 0.297. The number of carboxylic acid groups (broad SMARTS) is 1. The first kappa shape index (κ1) is 39.4. The number of phenols is 1.